The third-order valence-corrected chi connectivity index (χ3v) is 1.84. The summed E-state index contributed by atoms with van der Waals surface area (Å²) in [5, 5.41) is 18.5. The maximum atomic E-state index is 11.2. The number of ether oxygens (including phenoxy) is 1. The summed E-state index contributed by atoms with van der Waals surface area (Å²) in [6, 6.07) is 4.59. The van der Waals surface area contributed by atoms with Crippen LogP contribution in [-0.2, 0) is 0 Å². The van der Waals surface area contributed by atoms with Crippen LogP contribution in [-0.4, -0.2) is 28.7 Å². The van der Waals surface area contributed by atoms with E-state index in [1.165, 1.54) is 13.0 Å². The van der Waals surface area contributed by atoms with Gasteiger partial charge in [0.1, 0.15) is 23.7 Å². The SMILES string of the molecule is CC(=O)c1c(O)cccc1OCC(C)O. The molecular weight excluding hydrogens is 196 g/mol. The number of Topliss-reactive ketones (excluding diaryl/α,β-unsaturated/α-hetero) is 1. The summed E-state index contributed by atoms with van der Waals surface area (Å²) in [5.41, 5.74) is 0.151. The van der Waals surface area contributed by atoms with Crippen molar-refractivity contribution in [2.24, 2.45) is 0 Å². The number of carbonyl (C=O) groups is 1. The largest absolute Gasteiger partial charge is 0.507 e. The molecule has 4 nitrogen and oxygen atoms in total. The Morgan fingerprint density at radius 1 is 1.53 bits per heavy atom. The number of ketones is 1. The van der Waals surface area contributed by atoms with E-state index in [0.717, 1.165) is 0 Å². The topological polar surface area (TPSA) is 66.8 Å². The Labute approximate surface area is 88.1 Å². The molecule has 2 N–H and O–H groups in total. The maximum Gasteiger partial charge on any atom is 0.167 e. The Morgan fingerprint density at radius 3 is 2.73 bits per heavy atom. The molecule has 4 heteroatoms. The standard InChI is InChI=1S/C11H14O4/c1-7(12)6-15-10-5-3-4-9(14)11(10)8(2)13/h3-5,7,12,14H,6H2,1-2H3. The van der Waals surface area contributed by atoms with E-state index >= 15 is 0 Å². The van der Waals surface area contributed by atoms with Crippen LogP contribution in [0.25, 0.3) is 0 Å². The van der Waals surface area contributed by atoms with Crippen LogP contribution in [0.3, 0.4) is 0 Å². The monoisotopic (exact) mass is 210 g/mol. The first-order valence-corrected chi connectivity index (χ1v) is 4.66. The zero-order valence-corrected chi connectivity index (χ0v) is 8.73. The molecule has 1 aromatic carbocycles. The minimum absolute atomic E-state index is 0.0870. The van der Waals surface area contributed by atoms with Crippen LogP contribution >= 0.6 is 0 Å². The number of aromatic hydroxyl groups is 1. The first kappa shape index (κ1) is 11.5. The Balaban J connectivity index is 2.96. The number of phenols is 1. The molecular formula is C11H14O4. The summed E-state index contributed by atoms with van der Waals surface area (Å²) in [4.78, 5) is 11.2. The maximum absolute atomic E-state index is 11.2. The molecule has 0 bridgehead atoms. The summed E-state index contributed by atoms with van der Waals surface area (Å²) in [7, 11) is 0. The Hall–Kier alpha value is -1.55. The third-order valence-electron chi connectivity index (χ3n) is 1.84. The van der Waals surface area contributed by atoms with Crippen LogP contribution in [0, 0.1) is 0 Å². The highest BCUT2D eigenvalue weighted by Crippen LogP contribution is 2.27. The van der Waals surface area contributed by atoms with Crippen molar-refractivity contribution in [1.82, 2.24) is 0 Å². The summed E-state index contributed by atoms with van der Waals surface area (Å²) in [6.07, 6.45) is -0.618. The van der Waals surface area contributed by atoms with Crippen LogP contribution in [0.2, 0.25) is 0 Å². The van der Waals surface area contributed by atoms with Gasteiger partial charge in [-0.1, -0.05) is 6.07 Å². The lowest BCUT2D eigenvalue weighted by Crippen LogP contribution is -2.14. The molecule has 0 saturated heterocycles. The van der Waals surface area contributed by atoms with Gasteiger partial charge in [-0.2, -0.15) is 0 Å². The number of aliphatic hydroxyl groups is 1. The molecule has 0 aliphatic rings. The highest BCUT2D eigenvalue weighted by Gasteiger charge is 2.13. The molecule has 82 valence electrons. The van der Waals surface area contributed by atoms with Gasteiger partial charge in [-0.15, -0.1) is 0 Å². The second kappa shape index (κ2) is 4.79. The van der Waals surface area contributed by atoms with Gasteiger partial charge in [0.15, 0.2) is 5.78 Å². The highest BCUT2D eigenvalue weighted by atomic mass is 16.5. The van der Waals surface area contributed by atoms with Crippen molar-refractivity contribution < 1.29 is 19.7 Å². The van der Waals surface area contributed by atoms with Gasteiger partial charge < -0.3 is 14.9 Å². The molecule has 0 amide bonds. The van der Waals surface area contributed by atoms with Crippen LogP contribution in [0.1, 0.15) is 24.2 Å². The van der Waals surface area contributed by atoms with Gasteiger partial charge in [0.05, 0.1) is 6.10 Å². The van der Waals surface area contributed by atoms with Gasteiger partial charge in [0, 0.05) is 0 Å². The van der Waals surface area contributed by atoms with Crippen molar-refractivity contribution in [3.63, 3.8) is 0 Å². The van der Waals surface area contributed by atoms with Gasteiger partial charge in [0.2, 0.25) is 0 Å². The molecule has 0 aromatic heterocycles. The quantitative estimate of drug-likeness (QED) is 0.736. The molecule has 1 unspecified atom stereocenters. The molecule has 1 atom stereocenters. The first-order chi connectivity index (χ1) is 7.02. The number of hydrogen-bond acceptors (Lipinski definition) is 4. The van der Waals surface area contributed by atoms with Crippen molar-refractivity contribution in [3.8, 4) is 11.5 Å². The van der Waals surface area contributed by atoms with E-state index < -0.39 is 6.10 Å². The first-order valence-electron chi connectivity index (χ1n) is 4.66. The molecule has 0 aliphatic carbocycles. The lowest BCUT2D eigenvalue weighted by molar-refractivity contribution is 0.0992. The molecule has 0 heterocycles. The summed E-state index contributed by atoms with van der Waals surface area (Å²) < 4.78 is 5.21. The van der Waals surface area contributed by atoms with Crippen molar-refractivity contribution in [2.75, 3.05) is 6.61 Å². The second-order valence-electron chi connectivity index (χ2n) is 3.37. The van der Waals surface area contributed by atoms with Gasteiger partial charge in [-0.25, -0.2) is 0 Å². The number of hydrogen-bond donors (Lipinski definition) is 2. The number of aliphatic hydroxyl groups excluding tert-OH is 1. The fourth-order valence-corrected chi connectivity index (χ4v) is 1.20. The number of benzene rings is 1. The smallest absolute Gasteiger partial charge is 0.167 e. The molecule has 1 rings (SSSR count). The van der Waals surface area contributed by atoms with E-state index in [4.69, 9.17) is 9.84 Å². The molecule has 0 saturated carbocycles. The molecule has 15 heavy (non-hydrogen) atoms. The van der Waals surface area contributed by atoms with Crippen molar-refractivity contribution >= 4 is 5.78 Å². The lowest BCUT2D eigenvalue weighted by atomic mass is 10.1. The zero-order chi connectivity index (χ0) is 11.4. The van der Waals surface area contributed by atoms with E-state index in [-0.39, 0.29) is 23.7 Å². The molecule has 1 aromatic rings. The van der Waals surface area contributed by atoms with E-state index in [2.05, 4.69) is 0 Å². The summed E-state index contributed by atoms with van der Waals surface area (Å²) >= 11 is 0. The number of rotatable bonds is 4. The van der Waals surface area contributed by atoms with E-state index in [1.807, 2.05) is 0 Å². The fraction of sp³-hybridized carbons (Fsp3) is 0.364. The lowest BCUT2D eigenvalue weighted by Gasteiger charge is -2.11. The second-order valence-corrected chi connectivity index (χ2v) is 3.37. The zero-order valence-electron chi connectivity index (χ0n) is 8.73. The Kier molecular flexibility index (Phi) is 3.68. The van der Waals surface area contributed by atoms with Gasteiger partial charge in [-0.05, 0) is 26.0 Å². The predicted octanol–water partition coefficient (Wildman–Crippen LogP) is 1.35. The van der Waals surface area contributed by atoms with Crippen LogP contribution in [0.4, 0.5) is 0 Å². The van der Waals surface area contributed by atoms with E-state index in [1.54, 1.807) is 19.1 Å². The average Bonchev–Trinajstić information content (AvgIpc) is 2.13. The normalized spacial score (nSPS) is 12.2. The Morgan fingerprint density at radius 2 is 2.20 bits per heavy atom. The van der Waals surface area contributed by atoms with Crippen molar-refractivity contribution in [3.05, 3.63) is 23.8 Å². The summed E-state index contributed by atoms with van der Waals surface area (Å²) in [5.74, 6) is -0.0808. The average molecular weight is 210 g/mol. The highest BCUT2D eigenvalue weighted by molar-refractivity contribution is 5.99. The molecule has 0 fully saturated rings. The predicted molar refractivity (Wildman–Crippen MR) is 55.3 cm³/mol. The van der Waals surface area contributed by atoms with Crippen molar-refractivity contribution in [1.29, 1.82) is 0 Å². The van der Waals surface area contributed by atoms with Crippen LogP contribution < -0.4 is 4.74 Å². The Bertz CT molecular complexity index is 358. The third kappa shape index (κ3) is 2.95. The number of phenolic OH excluding ortho intramolecular Hbond substituents is 1. The van der Waals surface area contributed by atoms with Crippen LogP contribution in [0.5, 0.6) is 11.5 Å². The van der Waals surface area contributed by atoms with E-state index in [0.29, 0.717) is 5.75 Å². The van der Waals surface area contributed by atoms with Crippen LogP contribution in [0.15, 0.2) is 18.2 Å². The fourth-order valence-electron chi connectivity index (χ4n) is 1.20. The van der Waals surface area contributed by atoms with Gasteiger partial charge in [-0.3, -0.25) is 4.79 Å². The minimum Gasteiger partial charge on any atom is -0.507 e. The molecule has 0 radical (unpaired) electrons. The van der Waals surface area contributed by atoms with E-state index in [9.17, 15) is 9.90 Å². The summed E-state index contributed by atoms with van der Waals surface area (Å²) in [6.45, 7) is 3.02. The minimum atomic E-state index is -0.618. The molecule has 0 spiro atoms. The van der Waals surface area contributed by atoms with Crippen molar-refractivity contribution in [2.45, 2.75) is 20.0 Å². The van der Waals surface area contributed by atoms with Gasteiger partial charge >= 0.3 is 0 Å². The molecule has 0 aliphatic heterocycles. The number of carbonyl (C=O) groups excluding carboxylic acids is 1. The van der Waals surface area contributed by atoms with Gasteiger partial charge in [0.25, 0.3) is 0 Å².